The Hall–Kier alpha value is -2.16. The quantitative estimate of drug-likeness (QED) is 0.447. The highest BCUT2D eigenvalue weighted by Crippen LogP contribution is 2.51. The van der Waals surface area contributed by atoms with Gasteiger partial charge in [0.25, 0.3) is 0 Å². The SMILES string of the molecule is CC(C)(C)C[C@@H]1N[C@@H](C(=O)NCC[C@H]2COC(C)(C)O2)[C@H](c2cccc(Cl)c2F)[C@@]1(C#N)c1ncc(Br)cn1. The number of hydrogen-bond donors (Lipinski definition) is 2. The maximum atomic E-state index is 15.7. The zero-order chi connectivity index (χ0) is 28.6. The number of carbonyl (C=O) groups is 1. The van der Waals surface area contributed by atoms with Crippen LogP contribution in [0.3, 0.4) is 0 Å². The summed E-state index contributed by atoms with van der Waals surface area (Å²) < 4.78 is 27.8. The van der Waals surface area contributed by atoms with Gasteiger partial charge in [0.2, 0.25) is 5.91 Å². The van der Waals surface area contributed by atoms with Crippen molar-refractivity contribution in [1.29, 1.82) is 5.26 Å². The third-order valence-corrected chi connectivity index (χ3v) is 7.88. The summed E-state index contributed by atoms with van der Waals surface area (Å²) in [6.45, 7) is 10.6. The van der Waals surface area contributed by atoms with Gasteiger partial charge in [0.05, 0.1) is 34.3 Å². The van der Waals surface area contributed by atoms with Crippen LogP contribution < -0.4 is 10.6 Å². The molecule has 11 heteroatoms. The molecular weight excluding hydrogens is 589 g/mol. The molecule has 5 atom stereocenters. The Kier molecular flexibility index (Phi) is 8.70. The zero-order valence-corrected chi connectivity index (χ0v) is 25.1. The number of nitriles is 1. The molecule has 0 saturated carbocycles. The average Bonchev–Trinajstić information content (AvgIpc) is 3.37. The Bertz CT molecular complexity index is 1250. The zero-order valence-electron chi connectivity index (χ0n) is 22.7. The predicted molar refractivity (Wildman–Crippen MR) is 148 cm³/mol. The van der Waals surface area contributed by atoms with Crippen molar-refractivity contribution in [3.05, 3.63) is 57.3 Å². The van der Waals surface area contributed by atoms with E-state index in [4.69, 9.17) is 21.1 Å². The Morgan fingerprint density at radius 3 is 2.62 bits per heavy atom. The second kappa shape index (κ2) is 11.4. The third kappa shape index (κ3) is 6.28. The fraction of sp³-hybridized carbons (Fsp3) is 0.571. The van der Waals surface area contributed by atoms with Gasteiger partial charge in [0.1, 0.15) is 11.2 Å². The first-order valence-electron chi connectivity index (χ1n) is 13.0. The molecule has 1 aromatic carbocycles. The van der Waals surface area contributed by atoms with Crippen molar-refractivity contribution in [2.24, 2.45) is 5.41 Å². The molecule has 1 aromatic heterocycles. The fourth-order valence-electron chi connectivity index (χ4n) is 5.56. The monoisotopic (exact) mass is 621 g/mol. The number of halogens is 3. The molecule has 3 heterocycles. The molecule has 0 aliphatic carbocycles. The van der Waals surface area contributed by atoms with Gasteiger partial charge in [-0.2, -0.15) is 5.26 Å². The van der Waals surface area contributed by atoms with E-state index in [0.717, 1.165) is 0 Å². The molecule has 2 aliphatic rings. The fourth-order valence-corrected chi connectivity index (χ4v) is 5.95. The minimum atomic E-state index is -1.46. The van der Waals surface area contributed by atoms with Gasteiger partial charge >= 0.3 is 0 Å². The smallest absolute Gasteiger partial charge is 0.237 e. The third-order valence-electron chi connectivity index (χ3n) is 7.18. The molecule has 2 saturated heterocycles. The van der Waals surface area contributed by atoms with E-state index < -0.39 is 35.0 Å². The molecule has 0 spiro atoms. The molecule has 2 aliphatic heterocycles. The number of ether oxygens (including phenoxy) is 2. The van der Waals surface area contributed by atoms with Crippen molar-refractivity contribution in [1.82, 2.24) is 20.6 Å². The van der Waals surface area contributed by atoms with Crippen molar-refractivity contribution < 1.29 is 18.7 Å². The van der Waals surface area contributed by atoms with Gasteiger partial charge < -0.3 is 20.1 Å². The van der Waals surface area contributed by atoms with Gasteiger partial charge in [-0.25, -0.2) is 14.4 Å². The van der Waals surface area contributed by atoms with E-state index in [2.05, 4.69) is 42.6 Å². The van der Waals surface area contributed by atoms with Crippen molar-refractivity contribution in [2.75, 3.05) is 13.2 Å². The number of aromatic nitrogens is 2. The Balaban J connectivity index is 1.75. The normalized spacial score (nSPS) is 28.3. The molecule has 2 N–H and O–H groups in total. The molecule has 2 fully saturated rings. The number of rotatable bonds is 7. The minimum Gasteiger partial charge on any atom is -0.355 e. The predicted octanol–water partition coefficient (Wildman–Crippen LogP) is 5.01. The highest BCUT2D eigenvalue weighted by atomic mass is 79.9. The second-order valence-electron chi connectivity index (χ2n) is 11.8. The van der Waals surface area contributed by atoms with Crippen LogP contribution in [0.2, 0.25) is 5.02 Å². The minimum absolute atomic E-state index is 0.0875. The van der Waals surface area contributed by atoms with Gasteiger partial charge in [-0.15, -0.1) is 0 Å². The van der Waals surface area contributed by atoms with Crippen molar-refractivity contribution in [3.63, 3.8) is 0 Å². The molecule has 8 nitrogen and oxygen atoms in total. The van der Waals surface area contributed by atoms with Gasteiger partial charge in [-0.1, -0.05) is 44.5 Å². The lowest BCUT2D eigenvalue weighted by Crippen LogP contribution is -2.46. The van der Waals surface area contributed by atoms with Crippen molar-refractivity contribution in [2.45, 2.75) is 82.8 Å². The Morgan fingerprint density at radius 2 is 2.03 bits per heavy atom. The summed E-state index contributed by atoms with van der Waals surface area (Å²) in [6.07, 6.45) is 4.01. The molecule has 1 amide bonds. The first-order valence-corrected chi connectivity index (χ1v) is 14.1. The summed E-state index contributed by atoms with van der Waals surface area (Å²) in [5, 5.41) is 17.1. The number of benzene rings is 1. The molecule has 0 bridgehead atoms. The van der Waals surface area contributed by atoms with E-state index in [0.29, 0.717) is 30.5 Å². The van der Waals surface area contributed by atoms with E-state index in [1.807, 2.05) is 34.6 Å². The lowest BCUT2D eigenvalue weighted by atomic mass is 9.65. The standard InChI is InChI=1S/C28H34BrClFN5O3/c1-26(2,3)11-20-28(15-32,25-34-12-16(29)13-35-25)21(18-7-6-8-19(30)22(18)31)23(36-20)24(37)33-10-9-17-14-38-27(4,5)39-17/h6-8,12-13,17,20-21,23,36H,9-11,14H2,1-5H3,(H,33,37)/t17-,20-,21-,23+,28-/m0/s1. The second-order valence-corrected chi connectivity index (χ2v) is 13.1. The molecule has 0 radical (unpaired) electrons. The summed E-state index contributed by atoms with van der Waals surface area (Å²) in [7, 11) is 0. The Labute approximate surface area is 242 Å². The van der Waals surface area contributed by atoms with Crippen LogP contribution in [0.25, 0.3) is 0 Å². The Morgan fingerprint density at radius 1 is 1.33 bits per heavy atom. The van der Waals surface area contributed by atoms with Crippen LogP contribution in [-0.4, -0.2) is 53.0 Å². The van der Waals surface area contributed by atoms with E-state index in [-0.39, 0.29) is 33.8 Å². The first-order chi connectivity index (χ1) is 18.3. The van der Waals surface area contributed by atoms with Crippen LogP contribution in [0.5, 0.6) is 0 Å². The summed E-state index contributed by atoms with van der Waals surface area (Å²) in [5.74, 6) is -2.43. The highest BCUT2D eigenvalue weighted by Gasteiger charge is 2.62. The van der Waals surface area contributed by atoms with Crippen LogP contribution in [-0.2, 0) is 19.7 Å². The first kappa shape index (κ1) is 29.8. The lowest BCUT2D eigenvalue weighted by molar-refractivity contribution is -0.138. The largest absolute Gasteiger partial charge is 0.355 e. The van der Waals surface area contributed by atoms with E-state index in [9.17, 15) is 10.1 Å². The van der Waals surface area contributed by atoms with Crippen LogP contribution in [0.4, 0.5) is 4.39 Å². The number of nitrogens with one attached hydrogen (secondary N) is 2. The topological polar surface area (TPSA) is 109 Å². The van der Waals surface area contributed by atoms with Gasteiger partial charge in [0.15, 0.2) is 11.6 Å². The number of carbonyl (C=O) groups excluding carboxylic acids is 1. The summed E-state index contributed by atoms with van der Waals surface area (Å²) in [6, 6.07) is 5.58. The van der Waals surface area contributed by atoms with Crippen LogP contribution >= 0.6 is 27.5 Å². The molecule has 210 valence electrons. The summed E-state index contributed by atoms with van der Waals surface area (Å²) in [5.41, 5.74) is -1.53. The molecule has 39 heavy (non-hydrogen) atoms. The highest BCUT2D eigenvalue weighted by molar-refractivity contribution is 9.10. The van der Waals surface area contributed by atoms with E-state index >= 15 is 4.39 Å². The van der Waals surface area contributed by atoms with E-state index in [1.165, 1.54) is 6.07 Å². The number of hydrogen-bond acceptors (Lipinski definition) is 7. The van der Waals surface area contributed by atoms with Crippen molar-refractivity contribution >= 4 is 33.4 Å². The van der Waals surface area contributed by atoms with Gasteiger partial charge in [-0.05, 0) is 59.7 Å². The average molecular weight is 623 g/mol. The maximum Gasteiger partial charge on any atom is 0.237 e. The number of amides is 1. The van der Waals surface area contributed by atoms with Gasteiger partial charge in [0, 0.05) is 30.9 Å². The van der Waals surface area contributed by atoms with Gasteiger partial charge in [-0.3, -0.25) is 4.79 Å². The molecule has 4 rings (SSSR count). The van der Waals surface area contributed by atoms with E-state index in [1.54, 1.807) is 24.5 Å². The lowest BCUT2D eigenvalue weighted by Gasteiger charge is -2.35. The molecular formula is C28H34BrClFN5O3. The number of nitrogens with zero attached hydrogens (tertiary/aromatic N) is 3. The van der Waals surface area contributed by atoms with Crippen LogP contribution in [0.15, 0.2) is 35.1 Å². The van der Waals surface area contributed by atoms with Crippen LogP contribution in [0, 0.1) is 22.6 Å². The van der Waals surface area contributed by atoms with Crippen LogP contribution in [0.1, 0.15) is 64.8 Å². The molecule has 0 unspecified atom stereocenters. The summed E-state index contributed by atoms with van der Waals surface area (Å²) in [4.78, 5) is 22.8. The molecule has 2 aromatic rings. The van der Waals surface area contributed by atoms with Crippen molar-refractivity contribution in [3.8, 4) is 6.07 Å². The summed E-state index contributed by atoms with van der Waals surface area (Å²) >= 11 is 9.56. The maximum absolute atomic E-state index is 15.7.